The Morgan fingerprint density at radius 2 is 2.10 bits per heavy atom. The molecular weight excluding hydrogens is 390 g/mol. The van der Waals surface area contributed by atoms with Gasteiger partial charge in [0.25, 0.3) is 0 Å². The molecule has 2 aliphatic carbocycles. The fourth-order valence-corrected chi connectivity index (χ4v) is 5.53. The van der Waals surface area contributed by atoms with Gasteiger partial charge in [0.1, 0.15) is 0 Å². The predicted octanol–water partition coefficient (Wildman–Crippen LogP) is 3.80. The minimum Gasteiger partial charge on any atom is -0.392 e. The number of ether oxygens (including phenoxy) is 2. The predicted molar refractivity (Wildman–Crippen MR) is 125 cm³/mol. The molecule has 3 rings (SSSR count). The summed E-state index contributed by atoms with van der Waals surface area (Å²) in [6.07, 6.45) is 13.1. The molecule has 0 unspecified atom stereocenters. The Bertz CT molecular complexity index is 572. The molecule has 3 aliphatic rings. The first-order chi connectivity index (χ1) is 15.1. The van der Waals surface area contributed by atoms with Crippen molar-refractivity contribution in [3.63, 3.8) is 0 Å². The largest absolute Gasteiger partial charge is 0.392 e. The van der Waals surface area contributed by atoms with E-state index < -0.39 is 6.10 Å². The molecule has 2 fully saturated rings. The van der Waals surface area contributed by atoms with Gasteiger partial charge in [-0.3, -0.25) is 4.90 Å². The first-order valence-electron chi connectivity index (χ1n) is 12.7. The van der Waals surface area contributed by atoms with Gasteiger partial charge in [-0.15, -0.1) is 0 Å². The summed E-state index contributed by atoms with van der Waals surface area (Å²) in [4.78, 5) is 2.40. The summed E-state index contributed by atoms with van der Waals surface area (Å²) in [6.45, 7) is 10.7. The zero-order valence-corrected chi connectivity index (χ0v) is 19.8. The van der Waals surface area contributed by atoms with Gasteiger partial charge in [-0.2, -0.15) is 0 Å². The highest BCUT2D eigenvalue weighted by atomic mass is 16.5. The van der Waals surface area contributed by atoms with Crippen LogP contribution < -0.4 is 0 Å². The number of morpholine rings is 1. The zero-order chi connectivity index (χ0) is 22.1. The number of rotatable bonds is 13. The Morgan fingerprint density at radius 3 is 2.87 bits per heavy atom. The number of allylic oxidation sites excluding steroid dienone is 1. The maximum Gasteiger partial charge on any atom is 0.0723 e. The average Bonchev–Trinajstić information content (AvgIpc) is 3.27. The van der Waals surface area contributed by atoms with Crippen molar-refractivity contribution in [2.75, 3.05) is 46.1 Å². The van der Waals surface area contributed by atoms with Gasteiger partial charge in [-0.05, 0) is 43.4 Å². The maximum absolute atomic E-state index is 10.6. The molecule has 0 spiro atoms. The van der Waals surface area contributed by atoms with Gasteiger partial charge in [-0.1, -0.05) is 56.9 Å². The molecule has 0 amide bonds. The van der Waals surface area contributed by atoms with Crippen LogP contribution in [0.15, 0.2) is 23.8 Å². The van der Waals surface area contributed by atoms with Crippen LogP contribution >= 0.6 is 0 Å². The second-order valence-electron chi connectivity index (χ2n) is 9.99. The number of hydrogen-bond acceptors (Lipinski definition) is 5. The molecule has 1 saturated heterocycles. The van der Waals surface area contributed by atoms with E-state index in [0.29, 0.717) is 17.8 Å². The van der Waals surface area contributed by atoms with E-state index in [0.717, 1.165) is 71.7 Å². The topological polar surface area (TPSA) is 62.2 Å². The Balaban J connectivity index is 1.35. The third kappa shape index (κ3) is 7.97. The first-order valence-corrected chi connectivity index (χ1v) is 12.7. The van der Waals surface area contributed by atoms with E-state index >= 15 is 0 Å². The van der Waals surface area contributed by atoms with Crippen molar-refractivity contribution in [1.82, 2.24) is 4.90 Å². The van der Waals surface area contributed by atoms with Crippen molar-refractivity contribution in [3.05, 3.63) is 23.8 Å². The molecule has 5 heteroatoms. The standard InChI is InChI=1S/C26H45NO4/c1-3-4-5-20(2)16-23(28)6-7-24-25-18-21(17-22(25)19-26(24)29)8-12-30-13-9-27-10-14-31-15-11-27/h6-7,17,20,22-26,28-29H,3-5,8-16,18-19H2,1-2H3/t20-,22-,23+,24+,25-,26+/m0/s1. The molecule has 2 N–H and O–H groups in total. The minimum absolute atomic E-state index is 0.168. The normalized spacial score (nSPS) is 31.2. The highest BCUT2D eigenvalue weighted by Crippen LogP contribution is 2.48. The lowest BCUT2D eigenvalue weighted by Crippen LogP contribution is -2.38. The van der Waals surface area contributed by atoms with E-state index in [4.69, 9.17) is 9.47 Å². The fraction of sp³-hybridized carbons (Fsp3) is 0.846. The molecular formula is C26H45NO4. The first kappa shape index (κ1) is 24.9. The Morgan fingerprint density at radius 1 is 1.29 bits per heavy atom. The van der Waals surface area contributed by atoms with E-state index in [1.54, 1.807) is 0 Å². The molecule has 0 aromatic rings. The van der Waals surface area contributed by atoms with Gasteiger partial charge >= 0.3 is 0 Å². The van der Waals surface area contributed by atoms with E-state index in [2.05, 4.69) is 30.9 Å². The van der Waals surface area contributed by atoms with Gasteiger partial charge in [0.2, 0.25) is 0 Å². The summed E-state index contributed by atoms with van der Waals surface area (Å²) in [5, 5.41) is 21.0. The molecule has 31 heavy (non-hydrogen) atoms. The number of fused-ring (bicyclic) bond motifs is 1. The van der Waals surface area contributed by atoms with Gasteiger partial charge in [-0.25, -0.2) is 0 Å². The molecule has 0 bridgehead atoms. The Labute approximate surface area is 189 Å². The smallest absolute Gasteiger partial charge is 0.0723 e. The summed E-state index contributed by atoms with van der Waals surface area (Å²) in [5.41, 5.74) is 1.49. The summed E-state index contributed by atoms with van der Waals surface area (Å²) < 4.78 is 11.3. The number of aliphatic hydroxyl groups is 2. The van der Waals surface area contributed by atoms with Crippen LogP contribution in [0.1, 0.15) is 58.8 Å². The Hall–Kier alpha value is -0.720. The third-order valence-electron chi connectivity index (χ3n) is 7.42. The molecule has 6 atom stereocenters. The second kappa shape index (κ2) is 13.1. The van der Waals surface area contributed by atoms with E-state index in [-0.39, 0.29) is 12.0 Å². The van der Waals surface area contributed by atoms with Crippen LogP contribution in [0.5, 0.6) is 0 Å². The van der Waals surface area contributed by atoms with E-state index in [1.165, 1.54) is 24.8 Å². The zero-order valence-electron chi connectivity index (χ0n) is 19.8. The van der Waals surface area contributed by atoms with Gasteiger partial charge in [0.05, 0.1) is 38.6 Å². The van der Waals surface area contributed by atoms with Gasteiger partial charge < -0.3 is 19.7 Å². The van der Waals surface area contributed by atoms with Crippen molar-refractivity contribution >= 4 is 0 Å². The minimum atomic E-state index is -0.396. The second-order valence-corrected chi connectivity index (χ2v) is 9.99. The summed E-state index contributed by atoms with van der Waals surface area (Å²) >= 11 is 0. The molecule has 0 radical (unpaired) electrons. The number of aliphatic hydroxyl groups excluding tert-OH is 2. The molecule has 5 nitrogen and oxygen atoms in total. The van der Waals surface area contributed by atoms with Crippen LogP contribution in [0.2, 0.25) is 0 Å². The van der Waals surface area contributed by atoms with Crippen LogP contribution in [0.4, 0.5) is 0 Å². The van der Waals surface area contributed by atoms with E-state index in [9.17, 15) is 10.2 Å². The van der Waals surface area contributed by atoms with Crippen molar-refractivity contribution < 1.29 is 19.7 Å². The number of nitrogens with zero attached hydrogens (tertiary/aromatic N) is 1. The van der Waals surface area contributed by atoms with Crippen molar-refractivity contribution in [2.45, 2.75) is 71.0 Å². The third-order valence-corrected chi connectivity index (χ3v) is 7.42. The Kier molecular flexibility index (Phi) is 10.5. The number of unbranched alkanes of at least 4 members (excludes halogenated alkanes) is 1. The molecule has 0 aromatic carbocycles. The van der Waals surface area contributed by atoms with Gasteiger partial charge in [0.15, 0.2) is 0 Å². The highest BCUT2D eigenvalue weighted by Gasteiger charge is 2.43. The quantitative estimate of drug-likeness (QED) is 0.340. The summed E-state index contributed by atoms with van der Waals surface area (Å²) in [6, 6.07) is 0. The van der Waals surface area contributed by atoms with Crippen LogP contribution in [0.3, 0.4) is 0 Å². The summed E-state index contributed by atoms with van der Waals surface area (Å²) in [7, 11) is 0. The van der Waals surface area contributed by atoms with Crippen molar-refractivity contribution in [3.8, 4) is 0 Å². The maximum atomic E-state index is 10.6. The van der Waals surface area contributed by atoms with Crippen LogP contribution in [-0.4, -0.2) is 73.4 Å². The lowest BCUT2D eigenvalue weighted by atomic mass is 9.88. The fourth-order valence-electron chi connectivity index (χ4n) is 5.53. The molecule has 1 heterocycles. The van der Waals surface area contributed by atoms with Crippen LogP contribution in [-0.2, 0) is 9.47 Å². The average molecular weight is 436 g/mol. The van der Waals surface area contributed by atoms with Crippen LogP contribution in [0.25, 0.3) is 0 Å². The molecule has 1 aliphatic heterocycles. The monoisotopic (exact) mass is 435 g/mol. The SMILES string of the molecule is CCCC[C@H](C)C[C@H](O)C=C[C@@H]1[C@H]2CC(CCOCCN3CCOCC3)=C[C@H]2C[C@H]1O. The van der Waals surface area contributed by atoms with Crippen molar-refractivity contribution in [2.24, 2.45) is 23.7 Å². The summed E-state index contributed by atoms with van der Waals surface area (Å²) in [5.74, 6) is 1.68. The van der Waals surface area contributed by atoms with Gasteiger partial charge in [0, 0.05) is 25.6 Å². The molecule has 0 aromatic heterocycles. The lowest BCUT2D eigenvalue weighted by molar-refractivity contribution is 0.0207. The lowest BCUT2D eigenvalue weighted by Gasteiger charge is -2.26. The van der Waals surface area contributed by atoms with Crippen LogP contribution in [0, 0.1) is 23.7 Å². The number of hydrogen-bond donors (Lipinski definition) is 2. The van der Waals surface area contributed by atoms with E-state index in [1.807, 2.05) is 6.08 Å². The molecule has 178 valence electrons. The molecule has 1 saturated carbocycles. The van der Waals surface area contributed by atoms with Crippen molar-refractivity contribution in [1.29, 1.82) is 0 Å². The highest BCUT2D eigenvalue weighted by molar-refractivity contribution is 5.21.